The van der Waals surface area contributed by atoms with Gasteiger partial charge in [-0.1, -0.05) is 18.5 Å². The summed E-state index contributed by atoms with van der Waals surface area (Å²) in [6.45, 7) is 2.97. The van der Waals surface area contributed by atoms with Crippen molar-refractivity contribution in [2.75, 3.05) is 14.2 Å². The SMILES string of the molecule is CCc1nc(-c2ccc(Cl)cc2OC)sc1CNC. The van der Waals surface area contributed by atoms with Gasteiger partial charge in [0.2, 0.25) is 0 Å². The van der Waals surface area contributed by atoms with E-state index in [9.17, 15) is 0 Å². The molecular formula is C14H17ClN2OS. The fraction of sp³-hybridized carbons (Fsp3) is 0.357. The molecule has 2 rings (SSSR count). The summed E-state index contributed by atoms with van der Waals surface area (Å²) in [7, 11) is 3.60. The zero-order chi connectivity index (χ0) is 13.8. The van der Waals surface area contributed by atoms with Crippen LogP contribution >= 0.6 is 22.9 Å². The molecule has 0 saturated heterocycles. The summed E-state index contributed by atoms with van der Waals surface area (Å²) >= 11 is 7.69. The normalized spacial score (nSPS) is 10.7. The molecule has 1 aromatic carbocycles. The number of nitrogens with one attached hydrogen (secondary N) is 1. The van der Waals surface area contributed by atoms with E-state index in [1.807, 2.05) is 25.2 Å². The van der Waals surface area contributed by atoms with Crippen LogP contribution in [-0.4, -0.2) is 19.1 Å². The van der Waals surface area contributed by atoms with Gasteiger partial charge in [0.05, 0.1) is 18.4 Å². The molecule has 1 aromatic heterocycles. The third-order valence-electron chi connectivity index (χ3n) is 2.84. The van der Waals surface area contributed by atoms with E-state index in [2.05, 4.69) is 12.2 Å². The fourth-order valence-corrected chi connectivity index (χ4v) is 3.27. The number of rotatable bonds is 5. The van der Waals surface area contributed by atoms with Crippen molar-refractivity contribution < 1.29 is 4.74 Å². The molecular weight excluding hydrogens is 280 g/mol. The number of aryl methyl sites for hydroxylation is 1. The van der Waals surface area contributed by atoms with Crippen LogP contribution in [0.4, 0.5) is 0 Å². The predicted molar refractivity (Wildman–Crippen MR) is 81.3 cm³/mol. The fourth-order valence-electron chi connectivity index (χ4n) is 1.92. The van der Waals surface area contributed by atoms with Gasteiger partial charge in [0.15, 0.2) is 0 Å². The van der Waals surface area contributed by atoms with Crippen LogP contribution in [0.3, 0.4) is 0 Å². The molecule has 0 saturated carbocycles. The molecule has 0 amide bonds. The van der Waals surface area contributed by atoms with Crippen LogP contribution in [0.2, 0.25) is 5.02 Å². The Morgan fingerprint density at radius 3 is 2.84 bits per heavy atom. The van der Waals surface area contributed by atoms with Crippen molar-refractivity contribution in [1.29, 1.82) is 0 Å². The number of methoxy groups -OCH3 is 1. The second-order valence-electron chi connectivity index (χ2n) is 4.12. The lowest BCUT2D eigenvalue weighted by Crippen LogP contribution is -2.05. The molecule has 102 valence electrons. The number of benzene rings is 1. The minimum atomic E-state index is 0.670. The minimum absolute atomic E-state index is 0.670. The molecule has 2 aromatic rings. The largest absolute Gasteiger partial charge is 0.496 e. The monoisotopic (exact) mass is 296 g/mol. The highest BCUT2D eigenvalue weighted by Gasteiger charge is 2.14. The van der Waals surface area contributed by atoms with E-state index in [-0.39, 0.29) is 0 Å². The van der Waals surface area contributed by atoms with Gasteiger partial charge in [0.25, 0.3) is 0 Å². The third kappa shape index (κ3) is 3.08. The maximum atomic E-state index is 5.99. The van der Waals surface area contributed by atoms with Gasteiger partial charge < -0.3 is 10.1 Å². The lowest BCUT2D eigenvalue weighted by atomic mass is 10.2. The van der Waals surface area contributed by atoms with Crippen LogP contribution in [0.15, 0.2) is 18.2 Å². The molecule has 1 heterocycles. The number of halogens is 1. The molecule has 5 heteroatoms. The van der Waals surface area contributed by atoms with E-state index in [0.29, 0.717) is 5.02 Å². The Balaban J connectivity index is 2.46. The average molecular weight is 297 g/mol. The van der Waals surface area contributed by atoms with Crippen LogP contribution in [0, 0.1) is 0 Å². The van der Waals surface area contributed by atoms with E-state index in [1.54, 1.807) is 18.4 Å². The Labute approximate surface area is 122 Å². The zero-order valence-corrected chi connectivity index (χ0v) is 12.9. The van der Waals surface area contributed by atoms with Crippen molar-refractivity contribution in [3.8, 4) is 16.3 Å². The summed E-state index contributed by atoms with van der Waals surface area (Å²) < 4.78 is 5.39. The summed E-state index contributed by atoms with van der Waals surface area (Å²) in [5, 5.41) is 4.83. The van der Waals surface area contributed by atoms with Crippen molar-refractivity contribution in [2.45, 2.75) is 19.9 Å². The van der Waals surface area contributed by atoms with E-state index >= 15 is 0 Å². The van der Waals surface area contributed by atoms with E-state index in [1.165, 1.54) is 4.88 Å². The zero-order valence-electron chi connectivity index (χ0n) is 11.3. The molecule has 0 unspecified atom stereocenters. The summed E-state index contributed by atoms with van der Waals surface area (Å²) in [6, 6.07) is 5.65. The molecule has 3 nitrogen and oxygen atoms in total. The second kappa shape index (κ2) is 6.37. The standard InChI is InChI=1S/C14H17ClN2OS/c1-4-11-13(8-16-2)19-14(17-11)10-6-5-9(15)7-12(10)18-3/h5-7,16H,4,8H2,1-3H3. The van der Waals surface area contributed by atoms with Crippen molar-refractivity contribution in [2.24, 2.45) is 0 Å². The molecule has 0 bridgehead atoms. The smallest absolute Gasteiger partial charge is 0.130 e. The molecule has 0 aliphatic carbocycles. The van der Waals surface area contributed by atoms with Crippen LogP contribution in [0.1, 0.15) is 17.5 Å². The lowest BCUT2D eigenvalue weighted by Gasteiger charge is -2.05. The highest BCUT2D eigenvalue weighted by Crippen LogP contribution is 2.36. The average Bonchev–Trinajstić information content (AvgIpc) is 2.82. The van der Waals surface area contributed by atoms with Gasteiger partial charge >= 0.3 is 0 Å². The predicted octanol–water partition coefficient (Wildman–Crippen LogP) is 3.75. The molecule has 0 fully saturated rings. The highest BCUT2D eigenvalue weighted by molar-refractivity contribution is 7.15. The Morgan fingerprint density at radius 2 is 2.21 bits per heavy atom. The topological polar surface area (TPSA) is 34.1 Å². The van der Waals surface area contributed by atoms with E-state index < -0.39 is 0 Å². The molecule has 0 radical (unpaired) electrons. The highest BCUT2D eigenvalue weighted by atomic mass is 35.5. The van der Waals surface area contributed by atoms with Gasteiger partial charge in [0, 0.05) is 16.4 Å². The molecule has 19 heavy (non-hydrogen) atoms. The second-order valence-corrected chi connectivity index (χ2v) is 5.64. The van der Waals surface area contributed by atoms with Gasteiger partial charge in [-0.3, -0.25) is 0 Å². The number of aromatic nitrogens is 1. The van der Waals surface area contributed by atoms with Gasteiger partial charge in [-0.15, -0.1) is 11.3 Å². The third-order valence-corrected chi connectivity index (χ3v) is 4.21. The van der Waals surface area contributed by atoms with Crippen LogP contribution < -0.4 is 10.1 Å². The Morgan fingerprint density at radius 1 is 1.42 bits per heavy atom. The summed E-state index contributed by atoms with van der Waals surface area (Å²) in [6.07, 6.45) is 0.934. The maximum Gasteiger partial charge on any atom is 0.130 e. The summed E-state index contributed by atoms with van der Waals surface area (Å²) in [5.74, 6) is 0.764. The van der Waals surface area contributed by atoms with Crippen LogP contribution in [-0.2, 0) is 13.0 Å². The number of hydrogen-bond donors (Lipinski definition) is 1. The first kappa shape index (κ1) is 14.3. The van der Waals surface area contributed by atoms with E-state index in [0.717, 1.165) is 35.0 Å². The van der Waals surface area contributed by atoms with Crippen molar-refractivity contribution in [3.63, 3.8) is 0 Å². The Kier molecular flexibility index (Phi) is 4.80. The Bertz CT molecular complexity index is 569. The van der Waals surface area contributed by atoms with Crippen molar-refractivity contribution >= 4 is 22.9 Å². The first-order chi connectivity index (χ1) is 9.19. The summed E-state index contributed by atoms with van der Waals surface area (Å²) in [5.41, 5.74) is 2.14. The van der Waals surface area contributed by atoms with Gasteiger partial charge in [0.1, 0.15) is 10.8 Å². The number of ether oxygens (including phenoxy) is 1. The quantitative estimate of drug-likeness (QED) is 0.912. The van der Waals surface area contributed by atoms with Crippen molar-refractivity contribution in [1.82, 2.24) is 10.3 Å². The van der Waals surface area contributed by atoms with Crippen LogP contribution in [0.5, 0.6) is 5.75 Å². The number of thiazole rings is 1. The molecule has 0 aliphatic rings. The molecule has 0 spiro atoms. The lowest BCUT2D eigenvalue weighted by molar-refractivity contribution is 0.416. The van der Waals surface area contributed by atoms with E-state index in [4.69, 9.17) is 21.3 Å². The first-order valence-electron chi connectivity index (χ1n) is 6.16. The number of nitrogens with zero attached hydrogens (tertiary/aromatic N) is 1. The molecule has 0 atom stereocenters. The molecule has 0 aliphatic heterocycles. The first-order valence-corrected chi connectivity index (χ1v) is 7.36. The Hall–Kier alpha value is -1.10. The van der Waals surface area contributed by atoms with Gasteiger partial charge in [-0.05, 0) is 31.7 Å². The van der Waals surface area contributed by atoms with Crippen molar-refractivity contribution in [3.05, 3.63) is 33.8 Å². The van der Waals surface area contributed by atoms with Gasteiger partial charge in [-0.25, -0.2) is 4.98 Å². The van der Waals surface area contributed by atoms with Gasteiger partial charge in [-0.2, -0.15) is 0 Å². The summed E-state index contributed by atoms with van der Waals surface area (Å²) in [4.78, 5) is 5.99. The maximum absolute atomic E-state index is 5.99. The number of hydrogen-bond acceptors (Lipinski definition) is 4. The minimum Gasteiger partial charge on any atom is -0.496 e. The molecule has 1 N–H and O–H groups in total. The van der Waals surface area contributed by atoms with Crippen LogP contribution in [0.25, 0.3) is 10.6 Å².